The number of H-pyrrole nitrogens is 1. The summed E-state index contributed by atoms with van der Waals surface area (Å²) in [5, 5.41) is 25.7. The van der Waals surface area contributed by atoms with Crippen LogP contribution in [0.15, 0.2) is 79.8 Å². The minimum Gasteiger partial charge on any atom is -0.507 e. The molecular formula is C22H15BrN4O5. The van der Waals surface area contributed by atoms with Crippen LogP contribution in [0.25, 0.3) is 16.5 Å². The summed E-state index contributed by atoms with van der Waals surface area (Å²) in [6.45, 7) is 0. The van der Waals surface area contributed by atoms with Crippen molar-refractivity contribution in [3.8, 4) is 17.3 Å². The molecule has 0 saturated carbocycles. The molecule has 0 aliphatic carbocycles. The number of nitrogens with zero attached hydrogens (tertiary/aromatic N) is 2. The van der Waals surface area contributed by atoms with E-state index in [1.807, 2.05) is 18.2 Å². The Labute approximate surface area is 188 Å². The van der Waals surface area contributed by atoms with Crippen LogP contribution >= 0.6 is 15.9 Å². The number of aromatic nitrogens is 2. The number of benzene rings is 3. The second kappa shape index (κ2) is 8.52. The number of fused-ring (bicyclic) bond motifs is 1. The van der Waals surface area contributed by atoms with Crippen molar-refractivity contribution < 1.29 is 15.0 Å². The van der Waals surface area contributed by atoms with Crippen LogP contribution in [0.4, 0.5) is 0 Å². The zero-order chi connectivity index (χ0) is 22.8. The van der Waals surface area contributed by atoms with Crippen LogP contribution in [0.3, 0.4) is 0 Å². The molecule has 1 amide bonds. The Morgan fingerprint density at radius 2 is 1.81 bits per heavy atom. The van der Waals surface area contributed by atoms with E-state index in [4.69, 9.17) is 0 Å². The van der Waals surface area contributed by atoms with Gasteiger partial charge in [0, 0.05) is 9.86 Å². The normalized spacial score (nSPS) is 11.2. The van der Waals surface area contributed by atoms with Crippen molar-refractivity contribution in [2.45, 2.75) is 0 Å². The molecule has 0 saturated heterocycles. The van der Waals surface area contributed by atoms with Gasteiger partial charge in [-0.3, -0.25) is 14.6 Å². The van der Waals surface area contributed by atoms with E-state index < -0.39 is 23.0 Å². The van der Waals surface area contributed by atoms with Crippen molar-refractivity contribution in [3.05, 3.63) is 97.1 Å². The van der Waals surface area contributed by atoms with Crippen molar-refractivity contribution >= 4 is 38.8 Å². The van der Waals surface area contributed by atoms with E-state index >= 15 is 0 Å². The molecule has 1 aromatic heterocycles. The van der Waals surface area contributed by atoms with Crippen molar-refractivity contribution in [2.75, 3.05) is 0 Å². The first-order valence-corrected chi connectivity index (χ1v) is 10.0. The number of hydrazone groups is 1. The molecule has 0 unspecified atom stereocenters. The van der Waals surface area contributed by atoms with Crippen molar-refractivity contribution in [1.29, 1.82) is 0 Å². The largest absolute Gasteiger partial charge is 0.507 e. The van der Waals surface area contributed by atoms with E-state index in [-0.39, 0.29) is 16.9 Å². The third-order valence-electron chi connectivity index (χ3n) is 4.69. The standard InChI is InChI=1S/C22H15BrN4O5/c23-13-8-9-18(28)15(10-13)20(30)26-24-11-16-19(29)25-22(32)27(21(16)31)17-7-3-5-12-4-1-2-6-14(12)17/h1-11,28,31H,(H,26,30)(H,25,29,32). The maximum absolute atomic E-state index is 12.5. The summed E-state index contributed by atoms with van der Waals surface area (Å²) in [5.74, 6) is -1.64. The molecule has 9 nitrogen and oxygen atoms in total. The van der Waals surface area contributed by atoms with Crippen LogP contribution in [0.2, 0.25) is 0 Å². The number of carbonyl (C=O) groups is 1. The summed E-state index contributed by atoms with van der Waals surface area (Å²) in [6.07, 6.45) is 0.919. The van der Waals surface area contributed by atoms with Gasteiger partial charge in [-0.05, 0) is 29.7 Å². The molecule has 3 aromatic carbocycles. The number of carbonyl (C=O) groups excluding carboxylic acids is 1. The Morgan fingerprint density at radius 1 is 1.06 bits per heavy atom. The highest BCUT2D eigenvalue weighted by Crippen LogP contribution is 2.24. The molecule has 4 rings (SSSR count). The molecule has 0 spiro atoms. The van der Waals surface area contributed by atoms with Gasteiger partial charge < -0.3 is 10.2 Å². The summed E-state index contributed by atoms with van der Waals surface area (Å²) in [4.78, 5) is 39.2. The number of hydrogen-bond donors (Lipinski definition) is 4. The van der Waals surface area contributed by atoms with Gasteiger partial charge in [0.05, 0.1) is 17.5 Å². The van der Waals surface area contributed by atoms with Gasteiger partial charge in [0.15, 0.2) is 0 Å². The van der Waals surface area contributed by atoms with Crippen LogP contribution < -0.4 is 16.7 Å². The molecule has 0 atom stereocenters. The number of amides is 1. The van der Waals surface area contributed by atoms with Crippen LogP contribution in [0.1, 0.15) is 15.9 Å². The molecule has 4 aromatic rings. The molecule has 0 bridgehead atoms. The van der Waals surface area contributed by atoms with Crippen LogP contribution in [-0.4, -0.2) is 31.9 Å². The molecule has 32 heavy (non-hydrogen) atoms. The third kappa shape index (κ3) is 3.91. The Morgan fingerprint density at radius 3 is 2.62 bits per heavy atom. The highest BCUT2D eigenvalue weighted by Gasteiger charge is 2.16. The lowest BCUT2D eigenvalue weighted by Gasteiger charge is -2.12. The lowest BCUT2D eigenvalue weighted by molar-refractivity contribution is 0.0952. The summed E-state index contributed by atoms with van der Waals surface area (Å²) < 4.78 is 1.52. The fourth-order valence-electron chi connectivity index (χ4n) is 3.19. The van der Waals surface area contributed by atoms with Crippen molar-refractivity contribution in [2.24, 2.45) is 5.10 Å². The van der Waals surface area contributed by atoms with Crippen LogP contribution in [0.5, 0.6) is 11.6 Å². The average molecular weight is 495 g/mol. The molecule has 0 fully saturated rings. The maximum Gasteiger partial charge on any atom is 0.335 e. The Kier molecular flexibility index (Phi) is 5.61. The maximum atomic E-state index is 12.5. The molecule has 0 aliphatic heterocycles. The van der Waals surface area contributed by atoms with E-state index in [1.54, 1.807) is 30.3 Å². The molecule has 0 aliphatic rings. The number of rotatable bonds is 4. The predicted octanol–water partition coefficient (Wildman–Crippen LogP) is 2.62. The summed E-state index contributed by atoms with van der Waals surface area (Å²) in [6, 6.07) is 16.7. The first-order valence-electron chi connectivity index (χ1n) is 9.25. The molecule has 160 valence electrons. The number of halogens is 1. The van der Waals surface area contributed by atoms with E-state index in [1.165, 1.54) is 12.1 Å². The second-order valence-corrected chi connectivity index (χ2v) is 7.61. The fraction of sp³-hybridized carbons (Fsp3) is 0. The lowest BCUT2D eigenvalue weighted by Crippen LogP contribution is -2.31. The minimum absolute atomic E-state index is 0.0459. The van der Waals surface area contributed by atoms with Gasteiger partial charge in [0.2, 0.25) is 5.88 Å². The summed E-state index contributed by atoms with van der Waals surface area (Å²) in [7, 11) is 0. The Bertz CT molecular complexity index is 1500. The molecule has 10 heteroatoms. The van der Waals surface area contributed by atoms with Gasteiger partial charge in [0.25, 0.3) is 11.5 Å². The zero-order valence-corrected chi connectivity index (χ0v) is 17.8. The van der Waals surface area contributed by atoms with Gasteiger partial charge in [-0.2, -0.15) is 5.10 Å². The van der Waals surface area contributed by atoms with Gasteiger partial charge in [-0.15, -0.1) is 0 Å². The van der Waals surface area contributed by atoms with Gasteiger partial charge in [0.1, 0.15) is 11.3 Å². The number of hydrogen-bond acceptors (Lipinski definition) is 6. The van der Waals surface area contributed by atoms with Gasteiger partial charge in [-0.1, -0.05) is 52.3 Å². The van der Waals surface area contributed by atoms with E-state index in [2.05, 4.69) is 31.4 Å². The smallest absolute Gasteiger partial charge is 0.335 e. The quantitative estimate of drug-likeness (QED) is 0.255. The molecule has 0 radical (unpaired) electrons. The van der Waals surface area contributed by atoms with Gasteiger partial charge in [-0.25, -0.2) is 14.8 Å². The highest BCUT2D eigenvalue weighted by atomic mass is 79.9. The monoisotopic (exact) mass is 494 g/mol. The van der Waals surface area contributed by atoms with Crippen LogP contribution in [-0.2, 0) is 0 Å². The van der Waals surface area contributed by atoms with Crippen molar-refractivity contribution in [1.82, 2.24) is 15.0 Å². The molecule has 1 heterocycles. The lowest BCUT2D eigenvalue weighted by atomic mass is 10.1. The highest BCUT2D eigenvalue weighted by molar-refractivity contribution is 9.10. The van der Waals surface area contributed by atoms with E-state index in [0.29, 0.717) is 15.5 Å². The second-order valence-electron chi connectivity index (χ2n) is 6.69. The molecular weight excluding hydrogens is 480 g/mol. The summed E-state index contributed by atoms with van der Waals surface area (Å²) in [5.41, 5.74) is 0.438. The Hall–Kier alpha value is -4.18. The fourth-order valence-corrected chi connectivity index (χ4v) is 3.55. The number of aromatic amines is 1. The predicted molar refractivity (Wildman–Crippen MR) is 123 cm³/mol. The number of nitrogens with one attached hydrogen (secondary N) is 2. The first-order chi connectivity index (χ1) is 15.4. The Balaban J connectivity index is 1.73. The third-order valence-corrected chi connectivity index (χ3v) is 5.18. The number of aromatic hydroxyl groups is 2. The van der Waals surface area contributed by atoms with Crippen molar-refractivity contribution in [3.63, 3.8) is 0 Å². The van der Waals surface area contributed by atoms with E-state index in [9.17, 15) is 24.6 Å². The SMILES string of the molecule is O=C(NN=Cc1c(O)n(-c2cccc3ccccc23)c(=O)[nH]c1=O)c1cc(Br)ccc1O. The average Bonchev–Trinajstić information content (AvgIpc) is 2.77. The first kappa shape index (κ1) is 21.1. The topological polar surface area (TPSA) is 137 Å². The van der Waals surface area contributed by atoms with E-state index in [0.717, 1.165) is 16.2 Å². The zero-order valence-electron chi connectivity index (χ0n) is 16.2. The minimum atomic E-state index is -0.882. The summed E-state index contributed by atoms with van der Waals surface area (Å²) >= 11 is 3.20. The number of phenols is 1. The molecule has 4 N–H and O–H groups in total. The van der Waals surface area contributed by atoms with Gasteiger partial charge >= 0.3 is 5.69 Å². The van der Waals surface area contributed by atoms with Crippen LogP contribution in [0, 0.1) is 0 Å². The number of phenolic OH excluding ortho intramolecular Hbond substituents is 1.